The molecule has 1 fully saturated rings. The average Bonchev–Trinajstić information content (AvgIpc) is 3.00. The zero-order valence-electron chi connectivity index (χ0n) is 10.3. The Bertz CT molecular complexity index is 452. The van der Waals surface area contributed by atoms with E-state index in [0.717, 1.165) is 30.9 Å². The molecule has 0 aromatic carbocycles. The third kappa shape index (κ3) is 2.81. The first-order valence-corrected chi connectivity index (χ1v) is 6.71. The number of rotatable bonds is 4. The Labute approximate surface area is 110 Å². The number of carbonyl (C=O) groups is 2. The number of amides is 1. The van der Waals surface area contributed by atoms with E-state index in [1.54, 1.807) is 17.0 Å². The van der Waals surface area contributed by atoms with Crippen molar-refractivity contribution in [3.63, 3.8) is 0 Å². The van der Waals surface area contributed by atoms with Crippen LogP contribution in [0.4, 0.5) is 5.00 Å². The number of likely N-dealkylation sites (N-methyl/N-ethyl adjacent to an activating group) is 1. The fourth-order valence-corrected chi connectivity index (χ4v) is 2.80. The topological polar surface area (TPSA) is 60.9 Å². The molecule has 5 nitrogen and oxygen atoms in total. The van der Waals surface area contributed by atoms with Gasteiger partial charge in [-0.05, 0) is 25.0 Å². The molecule has 2 rings (SSSR count). The Morgan fingerprint density at radius 3 is 2.61 bits per heavy atom. The number of likely N-dealkylation sites (tertiary alicyclic amines) is 1. The highest BCUT2D eigenvalue weighted by molar-refractivity contribution is 7.17. The minimum absolute atomic E-state index is 0.111. The van der Waals surface area contributed by atoms with Gasteiger partial charge in [0.05, 0.1) is 11.5 Å². The molecule has 0 unspecified atom stereocenters. The molecule has 1 N–H and O–H groups in total. The quantitative estimate of drug-likeness (QED) is 0.899. The molecule has 0 bridgehead atoms. The van der Waals surface area contributed by atoms with Crippen molar-refractivity contribution in [2.24, 2.45) is 0 Å². The van der Waals surface area contributed by atoms with Gasteiger partial charge in [0, 0.05) is 20.1 Å². The maximum absolute atomic E-state index is 11.9. The molecule has 0 radical (unpaired) electrons. The predicted molar refractivity (Wildman–Crippen MR) is 70.4 cm³/mol. The van der Waals surface area contributed by atoms with Crippen LogP contribution >= 0.6 is 11.3 Å². The van der Waals surface area contributed by atoms with Gasteiger partial charge in [-0.15, -0.1) is 11.3 Å². The van der Waals surface area contributed by atoms with E-state index in [4.69, 9.17) is 5.11 Å². The molecule has 98 valence electrons. The lowest BCUT2D eigenvalue weighted by molar-refractivity contribution is -0.128. The van der Waals surface area contributed by atoms with Crippen LogP contribution in [0.2, 0.25) is 0 Å². The van der Waals surface area contributed by atoms with Gasteiger partial charge in [0.15, 0.2) is 0 Å². The van der Waals surface area contributed by atoms with Crippen LogP contribution in [0.3, 0.4) is 0 Å². The van der Waals surface area contributed by atoms with Crippen LogP contribution in [0, 0.1) is 0 Å². The van der Waals surface area contributed by atoms with Gasteiger partial charge in [-0.3, -0.25) is 4.79 Å². The summed E-state index contributed by atoms with van der Waals surface area (Å²) in [4.78, 5) is 26.7. The number of carboxylic acid groups (broad SMARTS) is 1. The zero-order chi connectivity index (χ0) is 13.1. The molecular formula is C12H16N2O3S. The normalized spacial score (nSPS) is 14.8. The molecule has 6 heteroatoms. The van der Waals surface area contributed by atoms with E-state index in [1.807, 2.05) is 11.9 Å². The Morgan fingerprint density at radius 2 is 2.06 bits per heavy atom. The van der Waals surface area contributed by atoms with Gasteiger partial charge in [0.25, 0.3) is 0 Å². The molecule has 1 aromatic rings. The molecule has 1 aliphatic heterocycles. The van der Waals surface area contributed by atoms with Crippen LogP contribution in [0.15, 0.2) is 12.1 Å². The summed E-state index contributed by atoms with van der Waals surface area (Å²) in [5.41, 5.74) is 0. The lowest BCUT2D eigenvalue weighted by Crippen LogP contribution is -2.36. The fourth-order valence-electron chi connectivity index (χ4n) is 2.00. The highest BCUT2D eigenvalue weighted by atomic mass is 32.1. The van der Waals surface area contributed by atoms with Crippen molar-refractivity contribution in [2.45, 2.75) is 12.8 Å². The first-order valence-electron chi connectivity index (χ1n) is 5.90. The number of carboxylic acids is 1. The number of aromatic carboxylic acids is 1. The van der Waals surface area contributed by atoms with E-state index in [0.29, 0.717) is 11.4 Å². The maximum atomic E-state index is 11.9. The van der Waals surface area contributed by atoms with Gasteiger partial charge in [0.1, 0.15) is 4.88 Å². The summed E-state index contributed by atoms with van der Waals surface area (Å²) >= 11 is 1.19. The Kier molecular flexibility index (Phi) is 3.86. The largest absolute Gasteiger partial charge is 0.477 e. The number of carbonyl (C=O) groups excluding carboxylic acids is 1. The van der Waals surface area contributed by atoms with E-state index in [1.165, 1.54) is 11.3 Å². The van der Waals surface area contributed by atoms with Gasteiger partial charge in [-0.1, -0.05) is 0 Å². The van der Waals surface area contributed by atoms with E-state index < -0.39 is 5.97 Å². The van der Waals surface area contributed by atoms with E-state index in [2.05, 4.69) is 0 Å². The summed E-state index contributed by atoms with van der Waals surface area (Å²) in [5.74, 6) is -0.814. The minimum atomic E-state index is -0.925. The number of hydrogen-bond acceptors (Lipinski definition) is 4. The zero-order valence-corrected chi connectivity index (χ0v) is 11.1. The maximum Gasteiger partial charge on any atom is 0.345 e. The first-order chi connectivity index (χ1) is 8.58. The number of hydrogen-bond donors (Lipinski definition) is 1. The average molecular weight is 268 g/mol. The van der Waals surface area contributed by atoms with Crippen LogP contribution in [0.1, 0.15) is 22.5 Å². The first kappa shape index (κ1) is 12.9. The van der Waals surface area contributed by atoms with Gasteiger partial charge >= 0.3 is 5.97 Å². The monoisotopic (exact) mass is 268 g/mol. The summed E-state index contributed by atoms with van der Waals surface area (Å²) in [6.07, 6.45) is 2.16. The van der Waals surface area contributed by atoms with Crippen LogP contribution in [0.5, 0.6) is 0 Å². The van der Waals surface area contributed by atoms with Crippen molar-refractivity contribution >= 4 is 28.2 Å². The molecule has 1 amide bonds. The van der Waals surface area contributed by atoms with Crippen molar-refractivity contribution in [3.8, 4) is 0 Å². The van der Waals surface area contributed by atoms with Gasteiger partial charge in [-0.25, -0.2) is 4.79 Å². The van der Waals surface area contributed by atoms with Crippen molar-refractivity contribution in [1.29, 1.82) is 0 Å². The standard InChI is InChI=1S/C12H16N2O3S/c1-13(8-10(15)14-6-2-3-7-14)11-5-4-9(18-11)12(16)17/h4-5H,2-3,6-8H2,1H3,(H,16,17). The Morgan fingerprint density at radius 1 is 1.39 bits per heavy atom. The fraction of sp³-hybridized carbons (Fsp3) is 0.500. The second-order valence-corrected chi connectivity index (χ2v) is 5.45. The summed E-state index contributed by atoms with van der Waals surface area (Å²) < 4.78 is 0. The van der Waals surface area contributed by atoms with Crippen molar-refractivity contribution in [3.05, 3.63) is 17.0 Å². The van der Waals surface area contributed by atoms with E-state index in [-0.39, 0.29) is 5.91 Å². The van der Waals surface area contributed by atoms with Gasteiger partial charge in [-0.2, -0.15) is 0 Å². The van der Waals surface area contributed by atoms with Crippen LogP contribution < -0.4 is 4.90 Å². The SMILES string of the molecule is CN(CC(=O)N1CCCC1)c1ccc(C(=O)O)s1. The molecular weight excluding hydrogens is 252 g/mol. The van der Waals surface area contributed by atoms with E-state index >= 15 is 0 Å². The molecule has 2 heterocycles. The summed E-state index contributed by atoms with van der Waals surface area (Å²) in [6, 6.07) is 3.31. The van der Waals surface area contributed by atoms with Crippen molar-refractivity contribution in [1.82, 2.24) is 4.90 Å². The van der Waals surface area contributed by atoms with Gasteiger partial charge in [0.2, 0.25) is 5.91 Å². The molecule has 0 spiro atoms. The number of anilines is 1. The second kappa shape index (κ2) is 5.39. The van der Waals surface area contributed by atoms with Crippen LogP contribution in [-0.2, 0) is 4.79 Å². The second-order valence-electron chi connectivity index (χ2n) is 4.39. The molecule has 0 saturated carbocycles. The third-order valence-corrected chi connectivity index (χ3v) is 4.20. The third-order valence-electron chi connectivity index (χ3n) is 3.01. The Balaban J connectivity index is 1.95. The van der Waals surface area contributed by atoms with E-state index in [9.17, 15) is 9.59 Å². The summed E-state index contributed by atoms with van der Waals surface area (Å²) in [6.45, 7) is 1.99. The molecule has 1 saturated heterocycles. The van der Waals surface area contributed by atoms with Crippen molar-refractivity contribution in [2.75, 3.05) is 31.6 Å². The number of nitrogens with zero attached hydrogens (tertiary/aromatic N) is 2. The van der Waals surface area contributed by atoms with Crippen LogP contribution in [0.25, 0.3) is 0 Å². The molecule has 0 aliphatic carbocycles. The van der Waals surface area contributed by atoms with Gasteiger partial charge < -0.3 is 14.9 Å². The van der Waals surface area contributed by atoms with Crippen LogP contribution in [-0.4, -0.2) is 48.6 Å². The highest BCUT2D eigenvalue weighted by Gasteiger charge is 2.20. The highest BCUT2D eigenvalue weighted by Crippen LogP contribution is 2.25. The smallest absolute Gasteiger partial charge is 0.345 e. The summed E-state index contributed by atoms with van der Waals surface area (Å²) in [7, 11) is 1.81. The minimum Gasteiger partial charge on any atom is -0.477 e. The summed E-state index contributed by atoms with van der Waals surface area (Å²) in [5, 5.41) is 9.66. The molecule has 18 heavy (non-hydrogen) atoms. The predicted octanol–water partition coefficient (Wildman–Crippen LogP) is 1.50. The Hall–Kier alpha value is -1.56. The lowest BCUT2D eigenvalue weighted by Gasteiger charge is -2.21. The number of thiophene rings is 1. The lowest BCUT2D eigenvalue weighted by atomic mass is 10.4. The molecule has 1 aromatic heterocycles. The molecule has 0 atom stereocenters. The molecule has 1 aliphatic rings. The van der Waals surface area contributed by atoms with Crippen molar-refractivity contribution < 1.29 is 14.7 Å².